The van der Waals surface area contributed by atoms with Crippen LogP contribution in [0.3, 0.4) is 0 Å². The molecule has 5 nitrogen and oxygen atoms in total. The number of carbonyl (C=O) groups excluding carboxylic acids is 1. The van der Waals surface area contributed by atoms with Gasteiger partial charge in [-0.15, -0.1) is 0 Å². The zero-order valence-electron chi connectivity index (χ0n) is 12.1. The number of hydrogen-bond donors (Lipinski definition) is 1. The van der Waals surface area contributed by atoms with Crippen molar-refractivity contribution in [2.45, 2.75) is 25.7 Å². The largest absolute Gasteiger partial charge is 0.356 e. The molecule has 0 saturated carbocycles. The van der Waals surface area contributed by atoms with Gasteiger partial charge in [0.15, 0.2) is 5.58 Å². The van der Waals surface area contributed by atoms with E-state index in [0.717, 1.165) is 42.6 Å². The summed E-state index contributed by atoms with van der Waals surface area (Å²) in [6.07, 6.45) is 3.55. The van der Waals surface area contributed by atoms with Crippen LogP contribution in [0.25, 0.3) is 11.0 Å². The Labute approximate surface area is 124 Å². The Bertz CT molecular complexity index is 621. The Balaban J connectivity index is 1.68. The first-order chi connectivity index (χ1) is 10.3. The lowest BCUT2D eigenvalue weighted by atomic mass is 9.94. The number of benzene rings is 1. The zero-order chi connectivity index (χ0) is 14.7. The lowest BCUT2D eigenvalue weighted by molar-refractivity contribution is -0.132. The second-order valence-electron chi connectivity index (χ2n) is 5.73. The molecule has 1 fully saturated rings. The minimum absolute atomic E-state index is 0.135. The SMILES string of the molecule is NCCC1CCCN(C(=O)Cc2noc3ccccc23)C1. The molecule has 2 N–H and O–H groups in total. The second kappa shape index (κ2) is 6.26. The smallest absolute Gasteiger partial charge is 0.228 e. The van der Waals surface area contributed by atoms with E-state index in [0.29, 0.717) is 18.9 Å². The van der Waals surface area contributed by atoms with Gasteiger partial charge >= 0.3 is 0 Å². The molecule has 1 aromatic heterocycles. The summed E-state index contributed by atoms with van der Waals surface area (Å²) in [6.45, 7) is 2.36. The zero-order valence-corrected chi connectivity index (χ0v) is 12.1. The lowest BCUT2D eigenvalue weighted by Crippen LogP contribution is -2.41. The third-order valence-corrected chi connectivity index (χ3v) is 4.22. The Morgan fingerprint density at radius 2 is 2.29 bits per heavy atom. The first kappa shape index (κ1) is 14.1. The first-order valence-corrected chi connectivity index (χ1v) is 7.59. The summed E-state index contributed by atoms with van der Waals surface area (Å²) in [6, 6.07) is 7.66. The molecule has 5 heteroatoms. The van der Waals surface area contributed by atoms with Crippen LogP contribution in [0.5, 0.6) is 0 Å². The Morgan fingerprint density at radius 3 is 3.14 bits per heavy atom. The highest BCUT2D eigenvalue weighted by Crippen LogP contribution is 2.22. The molecule has 1 aliphatic rings. The molecule has 2 heterocycles. The molecule has 1 amide bonds. The maximum absolute atomic E-state index is 12.5. The molecule has 1 aromatic carbocycles. The molecule has 0 spiro atoms. The van der Waals surface area contributed by atoms with Crippen molar-refractivity contribution in [2.24, 2.45) is 11.7 Å². The minimum Gasteiger partial charge on any atom is -0.356 e. The number of carbonyl (C=O) groups is 1. The van der Waals surface area contributed by atoms with Crippen LogP contribution >= 0.6 is 0 Å². The molecule has 0 aliphatic carbocycles. The van der Waals surface area contributed by atoms with Gasteiger partial charge < -0.3 is 15.2 Å². The van der Waals surface area contributed by atoms with Crippen LogP contribution in [0, 0.1) is 5.92 Å². The van der Waals surface area contributed by atoms with Crippen molar-refractivity contribution in [3.8, 4) is 0 Å². The molecule has 1 atom stereocenters. The van der Waals surface area contributed by atoms with Crippen molar-refractivity contribution in [1.82, 2.24) is 10.1 Å². The van der Waals surface area contributed by atoms with Crippen molar-refractivity contribution in [3.63, 3.8) is 0 Å². The highest BCUT2D eigenvalue weighted by molar-refractivity contribution is 5.86. The number of rotatable bonds is 4. The second-order valence-corrected chi connectivity index (χ2v) is 5.73. The van der Waals surface area contributed by atoms with E-state index in [-0.39, 0.29) is 5.91 Å². The fourth-order valence-electron chi connectivity index (χ4n) is 3.08. The highest BCUT2D eigenvalue weighted by Gasteiger charge is 2.24. The number of nitrogens with zero attached hydrogens (tertiary/aromatic N) is 2. The summed E-state index contributed by atoms with van der Waals surface area (Å²) in [5.41, 5.74) is 7.10. The predicted molar refractivity (Wildman–Crippen MR) is 80.7 cm³/mol. The van der Waals surface area contributed by atoms with Crippen molar-refractivity contribution in [1.29, 1.82) is 0 Å². The van der Waals surface area contributed by atoms with Gasteiger partial charge in [0.05, 0.1) is 6.42 Å². The molecule has 112 valence electrons. The third-order valence-electron chi connectivity index (χ3n) is 4.22. The first-order valence-electron chi connectivity index (χ1n) is 7.59. The van der Waals surface area contributed by atoms with Crippen LogP contribution in [-0.2, 0) is 11.2 Å². The molecule has 0 radical (unpaired) electrons. The third kappa shape index (κ3) is 3.08. The fourth-order valence-corrected chi connectivity index (χ4v) is 3.08. The summed E-state index contributed by atoms with van der Waals surface area (Å²) in [4.78, 5) is 14.4. The maximum Gasteiger partial charge on any atom is 0.228 e. The summed E-state index contributed by atoms with van der Waals surface area (Å²) in [5.74, 6) is 0.678. The number of fused-ring (bicyclic) bond motifs is 1. The molecule has 2 aromatic rings. The van der Waals surface area contributed by atoms with Gasteiger partial charge in [-0.1, -0.05) is 17.3 Å². The van der Waals surface area contributed by atoms with E-state index >= 15 is 0 Å². The van der Waals surface area contributed by atoms with Crippen LogP contribution in [0.1, 0.15) is 25.0 Å². The van der Waals surface area contributed by atoms with E-state index in [4.69, 9.17) is 10.3 Å². The number of piperidine rings is 1. The Morgan fingerprint density at radius 1 is 1.43 bits per heavy atom. The molecule has 21 heavy (non-hydrogen) atoms. The summed E-state index contributed by atoms with van der Waals surface area (Å²) in [7, 11) is 0. The average Bonchev–Trinajstić information content (AvgIpc) is 2.91. The van der Waals surface area contributed by atoms with E-state index in [9.17, 15) is 4.79 Å². The monoisotopic (exact) mass is 287 g/mol. The Hall–Kier alpha value is -1.88. The van der Waals surface area contributed by atoms with Gasteiger partial charge in [-0.3, -0.25) is 4.79 Å². The van der Waals surface area contributed by atoms with E-state index in [2.05, 4.69) is 5.16 Å². The maximum atomic E-state index is 12.5. The van der Waals surface area contributed by atoms with Gasteiger partial charge in [0.1, 0.15) is 5.69 Å². The van der Waals surface area contributed by atoms with Crippen LogP contribution < -0.4 is 5.73 Å². The van der Waals surface area contributed by atoms with Crippen LogP contribution in [0.4, 0.5) is 0 Å². The molecule has 1 unspecified atom stereocenters. The van der Waals surface area contributed by atoms with Gasteiger partial charge in [0, 0.05) is 18.5 Å². The Kier molecular flexibility index (Phi) is 4.20. The highest BCUT2D eigenvalue weighted by atomic mass is 16.5. The number of hydrogen-bond acceptors (Lipinski definition) is 4. The standard InChI is InChI=1S/C16H21N3O2/c17-8-7-12-4-3-9-19(11-12)16(20)10-14-13-5-1-2-6-15(13)21-18-14/h1-2,5-6,12H,3-4,7-11,17H2. The molecular formula is C16H21N3O2. The average molecular weight is 287 g/mol. The molecule has 3 rings (SSSR count). The molecule has 0 bridgehead atoms. The van der Waals surface area contributed by atoms with Crippen LogP contribution in [0.15, 0.2) is 28.8 Å². The van der Waals surface area contributed by atoms with E-state index in [1.807, 2.05) is 29.2 Å². The van der Waals surface area contributed by atoms with Crippen molar-refractivity contribution >= 4 is 16.9 Å². The summed E-state index contributed by atoms with van der Waals surface area (Å²) in [5, 5.41) is 4.97. The minimum atomic E-state index is 0.135. The molecule has 1 saturated heterocycles. The van der Waals surface area contributed by atoms with E-state index in [1.54, 1.807) is 0 Å². The van der Waals surface area contributed by atoms with Crippen molar-refractivity contribution < 1.29 is 9.32 Å². The van der Waals surface area contributed by atoms with Gasteiger partial charge in [-0.05, 0) is 43.9 Å². The lowest BCUT2D eigenvalue weighted by Gasteiger charge is -2.32. The van der Waals surface area contributed by atoms with Crippen LogP contribution in [0.2, 0.25) is 0 Å². The number of amides is 1. The van der Waals surface area contributed by atoms with Crippen molar-refractivity contribution in [2.75, 3.05) is 19.6 Å². The number of para-hydroxylation sites is 1. The van der Waals surface area contributed by atoms with Crippen molar-refractivity contribution in [3.05, 3.63) is 30.0 Å². The number of aromatic nitrogens is 1. The fraction of sp³-hybridized carbons (Fsp3) is 0.500. The quantitative estimate of drug-likeness (QED) is 0.933. The van der Waals surface area contributed by atoms with E-state index < -0.39 is 0 Å². The normalized spacial score (nSPS) is 19.1. The number of likely N-dealkylation sites (tertiary alicyclic amines) is 1. The van der Waals surface area contributed by atoms with Gasteiger partial charge in [0.2, 0.25) is 5.91 Å². The van der Waals surface area contributed by atoms with E-state index in [1.165, 1.54) is 6.42 Å². The molecule has 1 aliphatic heterocycles. The summed E-state index contributed by atoms with van der Waals surface area (Å²) < 4.78 is 5.26. The summed E-state index contributed by atoms with van der Waals surface area (Å²) >= 11 is 0. The van der Waals surface area contributed by atoms with Gasteiger partial charge in [-0.25, -0.2) is 0 Å². The van der Waals surface area contributed by atoms with Gasteiger partial charge in [0.25, 0.3) is 0 Å². The van der Waals surface area contributed by atoms with Crippen LogP contribution in [-0.4, -0.2) is 35.6 Å². The predicted octanol–water partition coefficient (Wildman–Crippen LogP) is 1.96. The number of nitrogens with two attached hydrogens (primary N) is 1. The molecular weight excluding hydrogens is 266 g/mol. The van der Waals surface area contributed by atoms with Gasteiger partial charge in [-0.2, -0.15) is 0 Å². The topological polar surface area (TPSA) is 72.4 Å².